The van der Waals surface area contributed by atoms with Crippen molar-refractivity contribution in [2.45, 2.75) is 31.7 Å². The number of rotatable bonds is 2. The molecule has 7 heteroatoms. The second-order valence-electron chi connectivity index (χ2n) is 4.37. The van der Waals surface area contributed by atoms with Gasteiger partial charge in [0, 0.05) is 32.2 Å². The second kappa shape index (κ2) is 5.64. The standard InChI is InChI=1S/C9H19N3O2S.ClH/c10-9-4-7-12(8-9)15(13,14)11-5-2-1-3-6-11;/h9H,1-8,10H2;1H. The molecule has 0 aromatic heterocycles. The van der Waals surface area contributed by atoms with E-state index in [1.165, 1.54) is 4.31 Å². The minimum absolute atomic E-state index is 0. The normalized spacial score (nSPS) is 28.9. The molecule has 96 valence electrons. The predicted molar refractivity (Wildman–Crippen MR) is 65.8 cm³/mol. The van der Waals surface area contributed by atoms with E-state index in [9.17, 15) is 8.42 Å². The first kappa shape index (κ1) is 14.2. The summed E-state index contributed by atoms with van der Waals surface area (Å²) in [5.74, 6) is 0. The van der Waals surface area contributed by atoms with Crippen LogP contribution in [-0.4, -0.2) is 49.2 Å². The summed E-state index contributed by atoms with van der Waals surface area (Å²) in [7, 11) is -3.21. The number of halogens is 1. The molecule has 2 N–H and O–H groups in total. The van der Waals surface area contributed by atoms with Gasteiger partial charge in [0.25, 0.3) is 10.2 Å². The van der Waals surface area contributed by atoms with Crippen LogP contribution in [0.2, 0.25) is 0 Å². The van der Waals surface area contributed by atoms with Gasteiger partial charge in [-0.3, -0.25) is 0 Å². The fraction of sp³-hybridized carbons (Fsp3) is 1.00. The van der Waals surface area contributed by atoms with Crippen LogP contribution in [0.4, 0.5) is 0 Å². The van der Waals surface area contributed by atoms with Gasteiger partial charge < -0.3 is 5.73 Å². The van der Waals surface area contributed by atoms with E-state index in [0.29, 0.717) is 26.2 Å². The van der Waals surface area contributed by atoms with Crippen LogP contribution >= 0.6 is 12.4 Å². The minimum Gasteiger partial charge on any atom is -0.326 e. The number of nitrogens with zero attached hydrogens (tertiary/aromatic N) is 2. The van der Waals surface area contributed by atoms with Crippen LogP contribution in [-0.2, 0) is 10.2 Å². The summed E-state index contributed by atoms with van der Waals surface area (Å²) in [5, 5.41) is 0. The Hall–Kier alpha value is 0.120. The number of hydrogen-bond acceptors (Lipinski definition) is 3. The molecule has 5 nitrogen and oxygen atoms in total. The van der Waals surface area contributed by atoms with Crippen molar-refractivity contribution >= 4 is 22.6 Å². The molecule has 0 spiro atoms. The van der Waals surface area contributed by atoms with Crippen molar-refractivity contribution in [2.24, 2.45) is 5.73 Å². The highest BCUT2D eigenvalue weighted by Crippen LogP contribution is 2.19. The van der Waals surface area contributed by atoms with Crippen molar-refractivity contribution in [1.82, 2.24) is 8.61 Å². The SMILES string of the molecule is Cl.NC1CCN(S(=O)(=O)N2CCCCC2)C1. The molecule has 2 aliphatic heterocycles. The average molecular weight is 270 g/mol. The Balaban J connectivity index is 0.00000128. The van der Waals surface area contributed by atoms with Gasteiger partial charge in [0.1, 0.15) is 0 Å². The van der Waals surface area contributed by atoms with Crippen LogP contribution in [0.25, 0.3) is 0 Å². The molecule has 2 saturated heterocycles. The fourth-order valence-corrected chi connectivity index (χ4v) is 3.98. The van der Waals surface area contributed by atoms with E-state index in [-0.39, 0.29) is 18.4 Å². The number of hydrogen-bond donors (Lipinski definition) is 1. The van der Waals surface area contributed by atoms with Gasteiger partial charge in [0.15, 0.2) is 0 Å². The Bertz CT molecular complexity index is 306. The summed E-state index contributed by atoms with van der Waals surface area (Å²) in [6.45, 7) is 2.42. The lowest BCUT2D eigenvalue weighted by Crippen LogP contribution is -2.45. The molecule has 2 fully saturated rings. The van der Waals surface area contributed by atoms with Gasteiger partial charge in [-0.25, -0.2) is 0 Å². The lowest BCUT2D eigenvalue weighted by molar-refractivity contribution is 0.315. The molecule has 0 bridgehead atoms. The van der Waals surface area contributed by atoms with Crippen LogP contribution < -0.4 is 5.73 Å². The number of nitrogens with two attached hydrogens (primary N) is 1. The van der Waals surface area contributed by atoms with Crippen LogP contribution in [0.15, 0.2) is 0 Å². The van der Waals surface area contributed by atoms with Gasteiger partial charge in [-0.15, -0.1) is 12.4 Å². The maximum absolute atomic E-state index is 12.1. The molecule has 0 amide bonds. The molecule has 0 aromatic rings. The Kier molecular flexibility index (Phi) is 5.00. The molecule has 2 heterocycles. The van der Waals surface area contributed by atoms with E-state index in [1.54, 1.807) is 4.31 Å². The highest BCUT2D eigenvalue weighted by atomic mass is 35.5. The van der Waals surface area contributed by atoms with Crippen LogP contribution in [0.5, 0.6) is 0 Å². The summed E-state index contributed by atoms with van der Waals surface area (Å²) in [4.78, 5) is 0. The number of piperidine rings is 1. The highest BCUT2D eigenvalue weighted by molar-refractivity contribution is 7.86. The Labute approximate surface area is 104 Å². The molecule has 16 heavy (non-hydrogen) atoms. The quantitative estimate of drug-likeness (QED) is 0.777. The summed E-state index contributed by atoms with van der Waals surface area (Å²) in [6.07, 6.45) is 3.90. The highest BCUT2D eigenvalue weighted by Gasteiger charge is 2.34. The molecule has 0 saturated carbocycles. The van der Waals surface area contributed by atoms with Gasteiger partial charge >= 0.3 is 0 Å². The summed E-state index contributed by atoms with van der Waals surface area (Å²) < 4.78 is 27.4. The molecule has 0 aliphatic carbocycles. The van der Waals surface area contributed by atoms with E-state index in [4.69, 9.17) is 5.73 Å². The van der Waals surface area contributed by atoms with Gasteiger partial charge in [0.2, 0.25) is 0 Å². The van der Waals surface area contributed by atoms with Crippen molar-refractivity contribution in [3.05, 3.63) is 0 Å². The van der Waals surface area contributed by atoms with Crippen LogP contribution in [0, 0.1) is 0 Å². The first-order valence-electron chi connectivity index (χ1n) is 5.61. The van der Waals surface area contributed by atoms with E-state index < -0.39 is 10.2 Å². The van der Waals surface area contributed by atoms with Crippen molar-refractivity contribution < 1.29 is 8.42 Å². The molecule has 2 aliphatic rings. The third-order valence-electron chi connectivity index (χ3n) is 3.16. The topological polar surface area (TPSA) is 66.6 Å². The van der Waals surface area contributed by atoms with Gasteiger partial charge in [-0.1, -0.05) is 6.42 Å². The Morgan fingerprint density at radius 1 is 1.00 bits per heavy atom. The average Bonchev–Trinajstić information content (AvgIpc) is 2.67. The lowest BCUT2D eigenvalue weighted by Gasteiger charge is -2.29. The molecule has 2 rings (SSSR count). The third kappa shape index (κ3) is 2.87. The van der Waals surface area contributed by atoms with Crippen molar-refractivity contribution in [1.29, 1.82) is 0 Å². The zero-order valence-electron chi connectivity index (χ0n) is 9.34. The summed E-state index contributed by atoms with van der Waals surface area (Å²) in [5.41, 5.74) is 5.73. The molecular weight excluding hydrogens is 250 g/mol. The molecule has 0 aromatic carbocycles. The fourth-order valence-electron chi connectivity index (χ4n) is 2.22. The Morgan fingerprint density at radius 2 is 1.62 bits per heavy atom. The van der Waals surface area contributed by atoms with Crippen LogP contribution in [0.1, 0.15) is 25.7 Å². The Morgan fingerprint density at radius 3 is 2.12 bits per heavy atom. The smallest absolute Gasteiger partial charge is 0.282 e. The molecular formula is C9H20ClN3O2S. The van der Waals surface area contributed by atoms with E-state index in [1.807, 2.05) is 0 Å². The molecule has 1 atom stereocenters. The summed E-state index contributed by atoms with van der Waals surface area (Å²) in [6, 6.07) is 0.0181. The van der Waals surface area contributed by atoms with Gasteiger partial charge in [-0.2, -0.15) is 17.0 Å². The molecule has 0 radical (unpaired) electrons. The minimum atomic E-state index is -3.21. The zero-order valence-corrected chi connectivity index (χ0v) is 11.0. The second-order valence-corrected chi connectivity index (χ2v) is 6.30. The first-order valence-corrected chi connectivity index (χ1v) is 7.01. The predicted octanol–water partition coefficient (Wildman–Crippen LogP) is 0.172. The monoisotopic (exact) mass is 269 g/mol. The lowest BCUT2D eigenvalue weighted by atomic mass is 10.2. The maximum atomic E-state index is 12.1. The zero-order chi connectivity index (χ0) is 10.9. The largest absolute Gasteiger partial charge is 0.326 e. The van der Waals surface area contributed by atoms with E-state index >= 15 is 0 Å². The van der Waals surface area contributed by atoms with Crippen molar-refractivity contribution in [3.63, 3.8) is 0 Å². The van der Waals surface area contributed by atoms with Crippen molar-refractivity contribution in [2.75, 3.05) is 26.2 Å². The van der Waals surface area contributed by atoms with Crippen LogP contribution in [0.3, 0.4) is 0 Å². The van der Waals surface area contributed by atoms with E-state index in [0.717, 1.165) is 25.7 Å². The molecule has 1 unspecified atom stereocenters. The maximum Gasteiger partial charge on any atom is 0.282 e. The summed E-state index contributed by atoms with van der Waals surface area (Å²) >= 11 is 0. The first-order chi connectivity index (χ1) is 7.10. The van der Waals surface area contributed by atoms with Gasteiger partial charge in [-0.05, 0) is 19.3 Å². The third-order valence-corrected chi connectivity index (χ3v) is 5.16. The van der Waals surface area contributed by atoms with Gasteiger partial charge in [0.05, 0.1) is 0 Å². The van der Waals surface area contributed by atoms with E-state index in [2.05, 4.69) is 0 Å². The van der Waals surface area contributed by atoms with Crippen molar-refractivity contribution in [3.8, 4) is 0 Å².